The van der Waals surface area contributed by atoms with Gasteiger partial charge in [-0.05, 0) is 0 Å². The van der Waals surface area contributed by atoms with Gasteiger partial charge in [0.05, 0.1) is 5.69 Å². The standard InChI is InChI=1S/C8H5ClF3NO3S/c1-3(14)13-5-2-4(10)8(17(12,15)16)7(11)6(5)9/h2H,1H3,(H,13,14). The topological polar surface area (TPSA) is 63.2 Å². The van der Waals surface area contributed by atoms with Gasteiger partial charge in [-0.15, -0.1) is 3.89 Å². The molecule has 1 aromatic carbocycles. The van der Waals surface area contributed by atoms with Crippen LogP contribution in [0.4, 0.5) is 18.4 Å². The molecule has 0 bridgehead atoms. The molecule has 1 amide bonds. The molecule has 0 aliphatic rings. The van der Waals surface area contributed by atoms with Gasteiger partial charge in [0, 0.05) is 13.0 Å². The van der Waals surface area contributed by atoms with Crippen LogP contribution >= 0.6 is 11.6 Å². The van der Waals surface area contributed by atoms with Crippen LogP contribution in [0.2, 0.25) is 5.02 Å². The first-order valence-corrected chi connectivity index (χ1v) is 5.80. The smallest absolute Gasteiger partial charge is 0.325 e. The molecule has 0 saturated heterocycles. The van der Waals surface area contributed by atoms with Crippen LogP contribution in [-0.2, 0) is 15.0 Å². The Morgan fingerprint density at radius 3 is 2.35 bits per heavy atom. The van der Waals surface area contributed by atoms with E-state index in [0.29, 0.717) is 6.07 Å². The molecule has 17 heavy (non-hydrogen) atoms. The fourth-order valence-corrected chi connectivity index (χ4v) is 1.94. The second-order valence-corrected chi connectivity index (χ2v) is 4.64. The van der Waals surface area contributed by atoms with Crippen molar-refractivity contribution in [1.82, 2.24) is 0 Å². The number of hydrogen-bond donors (Lipinski definition) is 1. The van der Waals surface area contributed by atoms with Gasteiger partial charge in [0.2, 0.25) is 5.91 Å². The lowest BCUT2D eigenvalue weighted by atomic mass is 10.3. The van der Waals surface area contributed by atoms with Gasteiger partial charge in [0.15, 0.2) is 10.7 Å². The minimum atomic E-state index is -5.58. The van der Waals surface area contributed by atoms with E-state index in [9.17, 15) is 25.9 Å². The molecular weight excluding hydrogens is 283 g/mol. The first-order valence-electron chi connectivity index (χ1n) is 4.04. The third-order valence-electron chi connectivity index (χ3n) is 1.67. The van der Waals surface area contributed by atoms with E-state index < -0.39 is 43.4 Å². The predicted molar refractivity (Wildman–Crippen MR) is 54.0 cm³/mol. The fraction of sp³-hybridized carbons (Fsp3) is 0.125. The van der Waals surface area contributed by atoms with Crippen LogP contribution in [-0.4, -0.2) is 14.3 Å². The van der Waals surface area contributed by atoms with Gasteiger partial charge >= 0.3 is 10.2 Å². The quantitative estimate of drug-likeness (QED) is 0.670. The predicted octanol–water partition coefficient (Wildman–Crippen LogP) is 2.23. The minimum absolute atomic E-state index is 0.416. The highest BCUT2D eigenvalue weighted by Gasteiger charge is 2.27. The van der Waals surface area contributed by atoms with Crippen molar-refractivity contribution in [1.29, 1.82) is 0 Å². The van der Waals surface area contributed by atoms with E-state index >= 15 is 0 Å². The fourth-order valence-electron chi connectivity index (χ4n) is 1.08. The van der Waals surface area contributed by atoms with Gasteiger partial charge in [-0.2, -0.15) is 8.42 Å². The first kappa shape index (κ1) is 13.8. The first-order chi connectivity index (χ1) is 7.64. The van der Waals surface area contributed by atoms with Crippen molar-refractivity contribution >= 4 is 33.4 Å². The van der Waals surface area contributed by atoms with Crippen molar-refractivity contribution in [2.45, 2.75) is 11.8 Å². The molecule has 4 nitrogen and oxygen atoms in total. The number of nitrogens with one attached hydrogen (secondary N) is 1. The van der Waals surface area contributed by atoms with Gasteiger partial charge < -0.3 is 5.32 Å². The Morgan fingerprint density at radius 1 is 1.41 bits per heavy atom. The number of anilines is 1. The summed E-state index contributed by atoms with van der Waals surface area (Å²) in [5.74, 6) is -4.15. The van der Waals surface area contributed by atoms with E-state index in [-0.39, 0.29) is 0 Å². The Balaban J connectivity index is 3.53. The Bertz CT molecular complexity index is 588. The molecule has 0 saturated carbocycles. The van der Waals surface area contributed by atoms with Gasteiger partial charge in [0.1, 0.15) is 10.8 Å². The van der Waals surface area contributed by atoms with E-state index in [1.165, 1.54) is 0 Å². The van der Waals surface area contributed by atoms with Crippen LogP contribution in [0.25, 0.3) is 0 Å². The lowest BCUT2D eigenvalue weighted by Gasteiger charge is -2.08. The van der Waals surface area contributed by atoms with Crippen molar-refractivity contribution in [3.8, 4) is 0 Å². The third kappa shape index (κ3) is 2.89. The van der Waals surface area contributed by atoms with Crippen LogP contribution in [0.3, 0.4) is 0 Å². The summed E-state index contributed by atoms with van der Waals surface area (Å²) in [4.78, 5) is 8.88. The number of halogens is 4. The van der Waals surface area contributed by atoms with Crippen molar-refractivity contribution in [3.05, 3.63) is 22.7 Å². The largest absolute Gasteiger partial charge is 0.338 e. The van der Waals surface area contributed by atoms with E-state index in [0.717, 1.165) is 6.92 Å². The Morgan fingerprint density at radius 2 is 1.94 bits per heavy atom. The second-order valence-electron chi connectivity index (χ2n) is 2.98. The summed E-state index contributed by atoms with van der Waals surface area (Å²) in [6.45, 7) is 1.05. The van der Waals surface area contributed by atoms with E-state index in [2.05, 4.69) is 0 Å². The monoisotopic (exact) mass is 287 g/mol. The number of amides is 1. The summed E-state index contributed by atoms with van der Waals surface area (Å²) in [7, 11) is -5.58. The molecule has 0 unspecified atom stereocenters. The van der Waals surface area contributed by atoms with Crippen LogP contribution < -0.4 is 5.32 Å². The van der Waals surface area contributed by atoms with Crippen LogP contribution in [0.5, 0.6) is 0 Å². The number of carbonyl (C=O) groups excluding carboxylic acids is 1. The molecule has 1 N–H and O–H groups in total. The summed E-state index contributed by atoms with van der Waals surface area (Å²) >= 11 is 5.33. The van der Waals surface area contributed by atoms with Crippen molar-refractivity contribution in [2.75, 3.05) is 5.32 Å². The molecule has 94 valence electrons. The number of rotatable bonds is 2. The molecule has 9 heteroatoms. The SMILES string of the molecule is CC(=O)Nc1cc(F)c(S(=O)(=O)F)c(F)c1Cl. The maximum absolute atomic E-state index is 13.3. The molecular formula is C8H5ClF3NO3S. The lowest BCUT2D eigenvalue weighted by Crippen LogP contribution is -2.10. The molecule has 0 aromatic heterocycles. The Labute approximate surface area is 99.6 Å². The van der Waals surface area contributed by atoms with E-state index in [1.54, 1.807) is 0 Å². The van der Waals surface area contributed by atoms with Gasteiger partial charge in [-0.25, -0.2) is 8.78 Å². The van der Waals surface area contributed by atoms with Crippen molar-refractivity contribution < 1.29 is 25.9 Å². The highest BCUT2D eigenvalue weighted by Crippen LogP contribution is 2.33. The maximum atomic E-state index is 13.3. The molecule has 0 heterocycles. The zero-order valence-corrected chi connectivity index (χ0v) is 9.79. The summed E-state index contributed by atoms with van der Waals surface area (Å²) in [5, 5.41) is 1.07. The minimum Gasteiger partial charge on any atom is -0.325 e. The molecule has 0 fully saturated rings. The molecule has 1 rings (SSSR count). The lowest BCUT2D eigenvalue weighted by molar-refractivity contribution is -0.114. The van der Waals surface area contributed by atoms with Crippen LogP contribution in [0, 0.1) is 11.6 Å². The number of hydrogen-bond acceptors (Lipinski definition) is 3. The van der Waals surface area contributed by atoms with Gasteiger partial charge in [-0.3, -0.25) is 4.79 Å². The molecule has 1 aromatic rings. The normalized spacial score (nSPS) is 11.4. The summed E-state index contributed by atoms with van der Waals surface area (Å²) in [6, 6.07) is 0.416. The summed E-state index contributed by atoms with van der Waals surface area (Å²) in [6.07, 6.45) is 0. The van der Waals surface area contributed by atoms with Gasteiger partial charge in [0.25, 0.3) is 0 Å². The summed E-state index contributed by atoms with van der Waals surface area (Å²) < 4.78 is 60.0. The average molecular weight is 288 g/mol. The van der Waals surface area contributed by atoms with Crippen LogP contribution in [0.15, 0.2) is 11.0 Å². The molecule has 0 aliphatic carbocycles. The van der Waals surface area contributed by atoms with E-state index in [1.807, 2.05) is 5.32 Å². The number of benzene rings is 1. The molecule has 0 radical (unpaired) electrons. The van der Waals surface area contributed by atoms with E-state index in [4.69, 9.17) is 11.6 Å². The highest BCUT2D eigenvalue weighted by molar-refractivity contribution is 7.86. The third-order valence-corrected chi connectivity index (χ3v) is 2.90. The molecule has 0 atom stereocenters. The Kier molecular flexibility index (Phi) is 3.68. The molecule has 0 aliphatic heterocycles. The highest BCUT2D eigenvalue weighted by atomic mass is 35.5. The zero-order chi connectivity index (χ0) is 13.4. The number of carbonyl (C=O) groups is 1. The van der Waals surface area contributed by atoms with Gasteiger partial charge in [-0.1, -0.05) is 11.6 Å². The molecule has 0 spiro atoms. The average Bonchev–Trinajstić information content (AvgIpc) is 2.10. The van der Waals surface area contributed by atoms with Crippen molar-refractivity contribution in [3.63, 3.8) is 0 Å². The maximum Gasteiger partial charge on any atom is 0.338 e. The summed E-state index contributed by atoms with van der Waals surface area (Å²) in [5.41, 5.74) is -0.485. The van der Waals surface area contributed by atoms with Crippen LogP contribution in [0.1, 0.15) is 6.92 Å². The second kappa shape index (κ2) is 4.53. The Hall–Kier alpha value is -1.28. The zero-order valence-electron chi connectivity index (χ0n) is 8.22. The van der Waals surface area contributed by atoms with Crippen molar-refractivity contribution in [2.24, 2.45) is 0 Å².